The highest BCUT2D eigenvalue weighted by Crippen LogP contribution is 2.34. The summed E-state index contributed by atoms with van der Waals surface area (Å²) < 4.78 is 12.4. The van der Waals surface area contributed by atoms with E-state index in [1.807, 2.05) is 37.3 Å². The number of carbonyl (C=O) groups excluding carboxylic acids is 3. The van der Waals surface area contributed by atoms with Gasteiger partial charge in [0, 0.05) is 20.3 Å². The van der Waals surface area contributed by atoms with Crippen molar-refractivity contribution in [3.63, 3.8) is 0 Å². The van der Waals surface area contributed by atoms with E-state index in [9.17, 15) is 14.4 Å². The molecule has 0 saturated heterocycles. The van der Waals surface area contributed by atoms with Crippen LogP contribution in [0.2, 0.25) is 0 Å². The summed E-state index contributed by atoms with van der Waals surface area (Å²) in [5.41, 5.74) is 0.793. The molecule has 1 aromatic carbocycles. The molecule has 0 bridgehead atoms. The van der Waals surface area contributed by atoms with Gasteiger partial charge in [-0.05, 0) is 37.1 Å². The molecule has 0 saturated carbocycles. The normalized spacial score (nSPS) is 10.5. The Morgan fingerprint density at radius 2 is 1.88 bits per heavy atom. The van der Waals surface area contributed by atoms with E-state index in [1.165, 1.54) is 9.58 Å². The third kappa shape index (κ3) is 5.78. The zero-order valence-electron chi connectivity index (χ0n) is 19.0. The molecule has 0 unspecified atom stereocenters. The minimum Gasteiger partial charge on any atom is -0.471 e. The number of anilines is 1. The monoisotopic (exact) mass is 470 g/mol. The molecule has 1 N–H and O–H groups in total. The first-order chi connectivity index (χ1) is 15.8. The van der Waals surface area contributed by atoms with E-state index in [2.05, 4.69) is 10.4 Å². The van der Waals surface area contributed by atoms with Gasteiger partial charge in [0.25, 0.3) is 11.8 Å². The number of hydrogen-bond donors (Lipinski definition) is 1. The summed E-state index contributed by atoms with van der Waals surface area (Å²) in [5, 5.41) is 7.20. The Labute approximate surface area is 195 Å². The number of aromatic nitrogens is 2. The van der Waals surface area contributed by atoms with Crippen LogP contribution in [0.3, 0.4) is 0 Å². The Morgan fingerprint density at radius 1 is 1.15 bits per heavy atom. The lowest BCUT2D eigenvalue weighted by Gasteiger charge is -2.09. The number of nitrogens with one attached hydrogen (secondary N) is 1. The molecule has 0 aliphatic carbocycles. The molecule has 2 amide bonds. The fraction of sp³-hybridized carbons (Fsp3) is 0.304. The average molecular weight is 471 g/mol. The number of hydrogen-bond acceptors (Lipinski definition) is 7. The van der Waals surface area contributed by atoms with Gasteiger partial charge in [0.1, 0.15) is 10.8 Å². The summed E-state index contributed by atoms with van der Waals surface area (Å²) in [6.07, 6.45) is 2.28. The van der Waals surface area contributed by atoms with Crippen molar-refractivity contribution >= 4 is 34.1 Å². The van der Waals surface area contributed by atoms with Crippen LogP contribution in [0.25, 0.3) is 0 Å². The third-order valence-corrected chi connectivity index (χ3v) is 5.79. The number of ether oxygens (including phenoxy) is 2. The molecule has 3 aromatic rings. The average Bonchev–Trinajstić information content (AvgIpc) is 3.41. The first-order valence-corrected chi connectivity index (χ1v) is 11.2. The van der Waals surface area contributed by atoms with Crippen LogP contribution in [0.5, 0.6) is 5.75 Å². The highest BCUT2D eigenvalue weighted by molar-refractivity contribution is 7.18. The number of benzene rings is 1. The van der Waals surface area contributed by atoms with Crippen molar-refractivity contribution in [2.45, 2.75) is 27.0 Å². The molecule has 3 rings (SSSR count). The van der Waals surface area contributed by atoms with Gasteiger partial charge >= 0.3 is 5.97 Å². The molecule has 0 spiro atoms. The number of amides is 2. The summed E-state index contributed by atoms with van der Waals surface area (Å²) in [6, 6.07) is 10.8. The Balaban J connectivity index is 1.79. The Bertz CT molecular complexity index is 1140. The zero-order valence-corrected chi connectivity index (χ0v) is 19.8. The quantitative estimate of drug-likeness (QED) is 0.477. The molecule has 33 heavy (non-hydrogen) atoms. The molecule has 2 heterocycles. The van der Waals surface area contributed by atoms with E-state index >= 15 is 0 Å². The van der Waals surface area contributed by atoms with Gasteiger partial charge in [0.05, 0.1) is 17.0 Å². The van der Waals surface area contributed by atoms with Crippen LogP contribution in [0.1, 0.15) is 49.4 Å². The van der Waals surface area contributed by atoms with Gasteiger partial charge < -0.3 is 19.7 Å². The van der Waals surface area contributed by atoms with Crippen molar-refractivity contribution in [1.82, 2.24) is 14.7 Å². The smallest absolute Gasteiger partial charge is 0.341 e. The van der Waals surface area contributed by atoms with Crippen LogP contribution in [0.4, 0.5) is 5.00 Å². The van der Waals surface area contributed by atoms with Gasteiger partial charge in [-0.3, -0.25) is 9.59 Å². The van der Waals surface area contributed by atoms with Crippen molar-refractivity contribution in [2.75, 3.05) is 26.0 Å². The third-order valence-electron chi connectivity index (χ3n) is 4.60. The Kier molecular flexibility index (Phi) is 7.83. The second-order valence-corrected chi connectivity index (χ2v) is 8.40. The number of para-hydroxylation sites is 1. The Morgan fingerprint density at radius 3 is 2.55 bits per heavy atom. The molecule has 174 valence electrons. The van der Waals surface area contributed by atoms with Crippen molar-refractivity contribution in [3.8, 4) is 5.75 Å². The first-order valence-electron chi connectivity index (χ1n) is 10.4. The number of nitrogens with zero attached hydrogens (tertiary/aromatic N) is 3. The topological polar surface area (TPSA) is 103 Å². The number of esters is 1. The summed E-state index contributed by atoms with van der Waals surface area (Å²) in [6.45, 7) is 3.92. The SMILES string of the molecule is CCCOC(=O)c1c(NC(=O)c2ccn(COc3ccccc3)n2)sc(C(=O)N(C)C)c1C. The minimum atomic E-state index is -0.583. The predicted molar refractivity (Wildman–Crippen MR) is 125 cm³/mol. The van der Waals surface area contributed by atoms with E-state index in [4.69, 9.17) is 9.47 Å². The maximum absolute atomic E-state index is 12.8. The highest BCUT2D eigenvalue weighted by Gasteiger charge is 2.28. The van der Waals surface area contributed by atoms with E-state index in [0.29, 0.717) is 22.6 Å². The van der Waals surface area contributed by atoms with Gasteiger partial charge in [-0.2, -0.15) is 5.10 Å². The lowest BCUT2D eigenvalue weighted by Crippen LogP contribution is -2.21. The van der Waals surface area contributed by atoms with Crippen molar-refractivity contribution in [3.05, 3.63) is 64.3 Å². The molecule has 0 fully saturated rings. The van der Waals surface area contributed by atoms with E-state index in [0.717, 1.165) is 11.3 Å². The molecular weight excluding hydrogens is 444 g/mol. The second kappa shape index (κ2) is 10.8. The molecule has 2 aromatic heterocycles. The van der Waals surface area contributed by atoms with Crippen LogP contribution in [-0.4, -0.2) is 53.2 Å². The largest absolute Gasteiger partial charge is 0.471 e. The van der Waals surface area contributed by atoms with Crippen molar-refractivity contribution in [1.29, 1.82) is 0 Å². The summed E-state index contributed by atoms with van der Waals surface area (Å²) in [5.74, 6) is -0.671. The van der Waals surface area contributed by atoms with Gasteiger partial charge in [-0.15, -0.1) is 11.3 Å². The standard InChI is InChI=1S/C23H26N4O5S/c1-5-13-31-23(30)18-15(2)19(22(29)26(3)4)33-21(18)24-20(28)17-11-12-27(25-17)14-32-16-9-7-6-8-10-16/h6-12H,5,13-14H2,1-4H3,(H,24,28). The fourth-order valence-corrected chi connectivity index (χ4v) is 4.11. The molecule has 0 radical (unpaired) electrons. The fourth-order valence-electron chi connectivity index (χ4n) is 2.90. The van der Waals surface area contributed by atoms with Gasteiger partial charge in [0.2, 0.25) is 0 Å². The van der Waals surface area contributed by atoms with Gasteiger partial charge in [-0.25, -0.2) is 9.48 Å². The number of rotatable bonds is 9. The summed E-state index contributed by atoms with van der Waals surface area (Å²) in [4.78, 5) is 39.8. The van der Waals surface area contributed by atoms with E-state index in [-0.39, 0.29) is 35.5 Å². The minimum absolute atomic E-state index is 0.130. The highest BCUT2D eigenvalue weighted by atomic mass is 32.1. The molecule has 9 nitrogen and oxygen atoms in total. The maximum Gasteiger partial charge on any atom is 0.341 e. The van der Waals surface area contributed by atoms with E-state index in [1.54, 1.807) is 33.3 Å². The maximum atomic E-state index is 12.8. The molecular formula is C23H26N4O5S. The van der Waals surface area contributed by atoms with Crippen molar-refractivity contribution in [2.24, 2.45) is 0 Å². The van der Waals surface area contributed by atoms with Crippen LogP contribution in [0, 0.1) is 6.92 Å². The van der Waals surface area contributed by atoms with Gasteiger partial charge in [-0.1, -0.05) is 25.1 Å². The molecule has 0 aliphatic heterocycles. The van der Waals surface area contributed by atoms with Crippen molar-refractivity contribution < 1.29 is 23.9 Å². The van der Waals surface area contributed by atoms with Crippen LogP contribution in [0.15, 0.2) is 42.6 Å². The lowest BCUT2D eigenvalue weighted by molar-refractivity contribution is 0.0506. The molecule has 0 aliphatic rings. The van der Waals surface area contributed by atoms with Crippen LogP contribution >= 0.6 is 11.3 Å². The second-order valence-electron chi connectivity index (χ2n) is 7.38. The molecule has 10 heteroatoms. The Hall–Kier alpha value is -3.66. The number of carbonyl (C=O) groups is 3. The molecule has 0 atom stereocenters. The summed E-state index contributed by atoms with van der Waals surface area (Å²) in [7, 11) is 3.25. The van der Waals surface area contributed by atoms with Crippen LogP contribution in [-0.2, 0) is 11.5 Å². The first kappa shape index (κ1) is 24.0. The number of thiophene rings is 1. The van der Waals surface area contributed by atoms with Gasteiger partial charge in [0.15, 0.2) is 12.4 Å². The predicted octanol–water partition coefficient (Wildman–Crippen LogP) is 3.81. The van der Waals surface area contributed by atoms with E-state index < -0.39 is 11.9 Å². The zero-order chi connectivity index (χ0) is 24.0. The lowest BCUT2D eigenvalue weighted by atomic mass is 10.1. The van der Waals surface area contributed by atoms with Crippen LogP contribution < -0.4 is 10.1 Å². The summed E-state index contributed by atoms with van der Waals surface area (Å²) >= 11 is 1.04.